The number of carbonyl (C=O) groups excluding carboxylic acids is 1. The van der Waals surface area contributed by atoms with Crippen LogP contribution in [0.1, 0.15) is 18.9 Å². The van der Waals surface area contributed by atoms with Crippen molar-refractivity contribution in [3.8, 4) is 0 Å². The summed E-state index contributed by atoms with van der Waals surface area (Å²) in [6, 6.07) is 7.62. The lowest BCUT2D eigenvalue weighted by Crippen LogP contribution is -2.20. The summed E-state index contributed by atoms with van der Waals surface area (Å²) >= 11 is 5.76. The number of benzene rings is 1. The summed E-state index contributed by atoms with van der Waals surface area (Å²) in [4.78, 5) is 10.6. The number of carbonyl (C=O) groups is 1. The van der Waals surface area contributed by atoms with Crippen molar-refractivity contribution in [2.24, 2.45) is 0 Å². The first-order valence-corrected chi connectivity index (χ1v) is 5.23. The molecule has 0 saturated carbocycles. The first-order valence-electron chi connectivity index (χ1n) is 4.85. The van der Waals surface area contributed by atoms with Gasteiger partial charge in [0.25, 0.3) is 0 Å². The van der Waals surface area contributed by atoms with Crippen molar-refractivity contribution in [2.45, 2.75) is 13.3 Å². The Hall–Kier alpha value is -1.28. The van der Waals surface area contributed by atoms with Crippen molar-refractivity contribution >= 4 is 23.6 Å². The Bertz CT molecular complexity index is 343. The number of halogens is 1. The van der Waals surface area contributed by atoms with Gasteiger partial charge >= 0.3 is 0 Å². The van der Waals surface area contributed by atoms with Gasteiger partial charge in [0.05, 0.1) is 0 Å². The molecule has 1 rings (SSSR count). The number of rotatable bonds is 4. The van der Waals surface area contributed by atoms with Gasteiger partial charge in [0, 0.05) is 18.5 Å². The molecule has 0 saturated heterocycles. The summed E-state index contributed by atoms with van der Waals surface area (Å²) in [6.07, 6.45) is 4.87. The van der Waals surface area contributed by atoms with Gasteiger partial charge in [-0.05, 0) is 24.1 Å². The van der Waals surface area contributed by atoms with Crippen molar-refractivity contribution < 1.29 is 4.79 Å². The second kappa shape index (κ2) is 6.25. The predicted molar refractivity (Wildman–Crippen MR) is 63.8 cm³/mol. The van der Waals surface area contributed by atoms with Crippen LogP contribution in [0.25, 0.3) is 6.08 Å². The van der Waals surface area contributed by atoms with Gasteiger partial charge in [-0.25, -0.2) is 0 Å². The van der Waals surface area contributed by atoms with Crippen LogP contribution in [0, 0.1) is 0 Å². The van der Waals surface area contributed by atoms with Crippen molar-refractivity contribution in [3.63, 3.8) is 0 Å². The molecule has 80 valence electrons. The molecule has 1 aromatic carbocycles. The van der Waals surface area contributed by atoms with Gasteiger partial charge in [-0.15, -0.1) is 0 Å². The first-order chi connectivity index (χ1) is 7.18. The highest BCUT2D eigenvalue weighted by Gasteiger charge is 1.89. The van der Waals surface area contributed by atoms with Gasteiger partial charge in [-0.1, -0.05) is 35.9 Å². The highest BCUT2D eigenvalue weighted by atomic mass is 35.5. The predicted octanol–water partition coefficient (Wildman–Crippen LogP) is 2.88. The summed E-state index contributed by atoms with van der Waals surface area (Å²) in [5, 5.41) is 3.47. The largest absolute Gasteiger partial charge is 0.356 e. The average molecular weight is 224 g/mol. The number of amides is 1. The fraction of sp³-hybridized carbons (Fsp3) is 0.250. The van der Waals surface area contributed by atoms with E-state index in [1.165, 1.54) is 6.92 Å². The number of nitrogens with one attached hydrogen (secondary N) is 1. The summed E-state index contributed by atoms with van der Waals surface area (Å²) in [6.45, 7) is 2.20. The second-order valence-electron chi connectivity index (χ2n) is 3.23. The molecule has 0 spiro atoms. The molecule has 1 N–H and O–H groups in total. The summed E-state index contributed by atoms with van der Waals surface area (Å²) in [7, 11) is 0. The molecular weight excluding hydrogens is 210 g/mol. The molecule has 0 aliphatic carbocycles. The Kier molecular flexibility index (Phi) is 4.91. The van der Waals surface area contributed by atoms with Crippen molar-refractivity contribution in [1.29, 1.82) is 0 Å². The molecule has 0 heterocycles. The fourth-order valence-electron chi connectivity index (χ4n) is 1.12. The molecule has 0 bridgehead atoms. The summed E-state index contributed by atoms with van der Waals surface area (Å²) < 4.78 is 0. The zero-order valence-electron chi connectivity index (χ0n) is 8.66. The SMILES string of the molecule is CC(=O)NCCC=Cc1ccc(Cl)cc1. The lowest BCUT2D eigenvalue weighted by atomic mass is 10.2. The van der Waals surface area contributed by atoms with Crippen LogP contribution in [0.2, 0.25) is 5.02 Å². The van der Waals surface area contributed by atoms with Crippen molar-refractivity contribution in [3.05, 3.63) is 40.9 Å². The maximum atomic E-state index is 10.6. The van der Waals surface area contributed by atoms with E-state index >= 15 is 0 Å². The monoisotopic (exact) mass is 223 g/mol. The second-order valence-corrected chi connectivity index (χ2v) is 3.66. The third-order valence-corrected chi connectivity index (χ3v) is 2.12. The van der Waals surface area contributed by atoms with E-state index in [-0.39, 0.29) is 5.91 Å². The molecular formula is C12H14ClNO. The van der Waals surface area contributed by atoms with Gasteiger partial charge in [0.2, 0.25) is 5.91 Å². The minimum absolute atomic E-state index is 0.00916. The van der Waals surface area contributed by atoms with Crippen LogP contribution < -0.4 is 5.32 Å². The molecule has 0 unspecified atom stereocenters. The molecule has 0 fully saturated rings. The highest BCUT2D eigenvalue weighted by Crippen LogP contribution is 2.10. The third-order valence-electron chi connectivity index (χ3n) is 1.87. The van der Waals surface area contributed by atoms with E-state index in [1.807, 2.05) is 36.4 Å². The van der Waals surface area contributed by atoms with E-state index in [4.69, 9.17) is 11.6 Å². The van der Waals surface area contributed by atoms with Crippen LogP contribution in [0.3, 0.4) is 0 Å². The molecule has 0 atom stereocenters. The van der Waals surface area contributed by atoms with E-state index in [1.54, 1.807) is 0 Å². The van der Waals surface area contributed by atoms with Crippen LogP contribution in [-0.2, 0) is 4.79 Å². The molecule has 1 aromatic rings. The molecule has 2 nitrogen and oxygen atoms in total. The highest BCUT2D eigenvalue weighted by molar-refractivity contribution is 6.30. The smallest absolute Gasteiger partial charge is 0.216 e. The molecule has 0 aromatic heterocycles. The van der Waals surface area contributed by atoms with Crippen LogP contribution in [0.4, 0.5) is 0 Å². The molecule has 15 heavy (non-hydrogen) atoms. The van der Waals surface area contributed by atoms with E-state index in [2.05, 4.69) is 5.32 Å². The van der Waals surface area contributed by atoms with E-state index in [9.17, 15) is 4.79 Å². The lowest BCUT2D eigenvalue weighted by molar-refractivity contribution is -0.118. The van der Waals surface area contributed by atoms with Crippen LogP contribution in [0.15, 0.2) is 30.3 Å². The third kappa shape index (κ3) is 5.23. The zero-order valence-corrected chi connectivity index (χ0v) is 9.42. The van der Waals surface area contributed by atoms with Crippen LogP contribution >= 0.6 is 11.6 Å². The minimum Gasteiger partial charge on any atom is -0.356 e. The van der Waals surface area contributed by atoms with Crippen LogP contribution in [-0.4, -0.2) is 12.5 Å². The quantitative estimate of drug-likeness (QED) is 0.782. The van der Waals surface area contributed by atoms with Crippen molar-refractivity contribution in [1.82, 2.24) is 5.32 Å². The Morgan fingerprint density at radius 3 is 2.67 bits per heavy atom. The first kappa shape index (κ1) is 11.8. The Balaban J connectivity index is 2.32. The lowest BCUT2D eigenvalue weighted by Gasteiger charge is -1.97. The Morgan fingerprint density at radius 1 is 1.40 bits per heavy atom. The molecule has 0 aliphatic heterocycles. The van der Waals surface area contributed by atoms with Gasteiger partial charge in [-0.2, -0.15) is 0 Å². The standard InChI is InChI=1S/C12H14ClNO/c1-10(15)14-9-3-2-4-11-5-7-12(13)8-6-11/h2,4-8H,3,9H2,1H3,(H,14,15). The molecule has 1 amide bonds. The number of hydrogen-bond donors (Lipinski definition) is 1. The fourth-order valence-corrected chi connectivity index (χ4v) is 1.25. The number of hydrogen-bond acceptors (Lipinski definition) is 1. The van der Waals surface area contributed by atoms with Crippen LogP contribution in [0.5, 0.6) is 0 Å². The molecule has 0 radical (unpaired) electrons. The van der Waals surface area contributed by atoms with Gasteiger partial charge in [0.15, 0.2) is 0 Å². The molecule has 3 heteroatoms. The summed E-state index contributed by atoms with van der Waals surface area (Å²) in [5.74, 6) is 0.00916. The van der Waals surface area contributed by atoms with E-state index in [0.717, 1.165) is 17.0 Å². The topological polar surface area (TPSA) is 29.1 Å². The minimum atomic E-state index is 0.00916. The van der Waals surface area contributed by atoms with E-state index < -0.39 is 0 Å². The summed E-state index contributed by atoms with van der Waals surface area (Å²) in [5.41, 5.74) is 1.11. The van der Waals surface area contributed by atoms with Gasteiger partial charge < -0.3 is 5.32 Å². The van der Waals surface area contributed by atoms with E-state index in [0.29, 0.717) is 6.54 Å². The normalized spacial score (nSPS) is 10.5. The van der Waals surface area contributed by atoms with Gasteiger partial charge in [-0.3, -0.25) is 4.79 Å². The zero-order chi connectivity index (χ0) is 11.1. The Morgan fingerprint density at radius 2 is 2.07 bits per heavy atom. The average Bonchev–Trinajstić information content (AvgIpc) is 2.20. The maximum absolute atomic E-state index is 10.6. The maximum Gasteiger partial charge on any atom is 0.216 e. The van der Waals surface area contributed by atoms with Crippen molar-refractivity contribution in [2.75, 3.05) is 6.54 Å². The Labute approximate surface area is 94.9 Å². The van der Waals surface area contributed by atoms with Gasteiger partial charge in [0.1, 0.15) is 0 Å². The molecule has 0 aliphatic rings.